The van der Waals surface area contributed by atoms with Gasteiger partial charge in [-0.1, -0.05) is 30.7 Å². The molecule has 2 amide bonds. The van der Waals surface area contributed by atoms with Crippen LogP contribution in [0.25, 0.3) is 0 Å². The number of halogens is 1. The molecule has 0 bridgehead atoms. The zero-order valence-electron chi connectivity index (χ0n) is 15.0. The second-order valence-corrected chi connectivity index (χ2v) is 7.23. The van der Waals surface area contributed by atoms with Crippen LogP contribution in [0.2, 0.25) is 5.02 Å². The van der Waals surface area contributed by atoms with Crippen LogP contribution in [-0.4, -0.2) is 34.8 Å². The van der Waals surface area contributed by atoms with Gasteiger partial charge in [-0.3, -0.25) is 9.59 Å². The van der Waals surface area contributed by atoms with Gasteiger partial charge in [0, 0.05) is 23.8 Å². The highest BCUT2D eigenvalue weighted by atomic mass is 35.5. The van der Waals surface area contributed by atoms with E-state index in [4.69, 9.17) is 11.6 Å². The normalized spacial score (nSPS) is 15.0. The van der Waals surface area contributed by atoms with Crippen molar-refractivity contribution < 1.29 is 9.59 Å². The Kier molecular flexibility index (Phi) is 5.57. The van der Waals surface area contributed by atoms with E-state index in [1.165, 1.54) is 0 Å². The number of aryl methyl sites for hydroxylation is 1. The fourth-order valence-electron chi connectivity index (χ4n) is 2.97. The van der Waals surface area contributed by atoms with Crippen LogP contribution in [0.15, 0.2) is 36.4 Å². The summed E-state index contributed by atoms with van der Waals surface area (Å²) in [5.41, 5.74) is 2.04. The number of anilines is 1. The summed E-state index contributed by atoms with van der Waals surface area (Å²) >= 11 is 5.99. The summed E-state index contributed by atoms with van der Waals surface area (Å²) in [4.78, 5) is 31.3. The van der Waals surface area contributed by atoms with Crippen molar-refractivity contribution in [3.05, 3.63) is 58.4 Å². The average Bonchev–Trinajstić information content (AvgIpc) is 2.65. The van der Waals surface area contributed by atoms with Gasteiger partial charge in [0.15, 0.2) is 0 Å². The van der Waals surface area contributed by atoms with Gasteiger partial charge in [0.1, 0.15) is 11.4 Å². The lowest BCUT2D eigenvalue weighted by Gasteiger charge is -2.30. The molecule has 2 heterocycles. The number of piperidine rings is 1. The van der Waals surface area contributed by atoms with Gasteiger partial charge in [-0.15, -0.1) is 0 Å². The Morgan fingerprint density at radius 1 is 1.15 bits per heavy atom. The van der Waals surface area contributed by atoms with Crippen molar-refractivity contribution in [2.45, 2.75) is 26.7 Å². The first-order valence-electron chi connectivity index (χ1n) is 8.78. The molecule has 1 fully saturated rings. The average molecular weight is 372 g/mol. The first-order chi connectivity index (χ1) is 12.4. The zero-order chi connectivity index (χ0) is 18.7. The molecule has 1 aliphatic rings. The molecule has 0 radical (unpaired) electrons. The number of nitrogens with zero attached hydrogens (tertiary/aromatic N) is 2. The van der Waals surface area contributed by atoms with E-state index in [1.807, 2.05) is 17.9 Å². The standard InChI is InChI=1S/C20H22ClN3O2/c1-13-8-10-24(11-9-13)20(26)17-5-3-4-16(22-17)19(25)23-18-12-15(21)7-6-14(18)2/h3-7,12-13H,8-11H2,1-2H3,(H,23,25). The minimum absolute atomic E-state index is 0.120. The Hall–Kier alpha value is -2.40. The molecule has 1 saturated heterocycles. The summed E-state index contributed by atoms with van der Waals surface area (Å²) < 4.78 is 0. The van der Waals surface area contributed by atoms with Crippen molar-refractivity contribution in [3.8, 4) is 0 Å². The highest BCUT2D eigenvalue weighted by molar-refractivity contribution is 6.31. The Bertz CT molecular complexity index is 830. The molecule has 0 unspecified atom stereocenters. The maximum Gasteiger partial charge on any atom is 0.274 e. The maximum atomic E-state index is 12.7. The summed E-state index contributed by atoms with van der Waals surface area (Å²) in [7, 11) is 0. The molecule has 3 rings (SSSR count). The predicted molar refractivity (Wildman–Crippen MR) is 103 cm³/mol. The lowest BCUT2D eigenvalue weighted by molar-refractivity contribution is 0.0691. The van der Waals surface area contributed by atoms with Gasteiger partial charge in [-0.05, 0) is 55.5 Å². The van der Waals surface area contributed by atoms with Gasteiger partial charge in [0.05, 0.1) is 0 Å². The third-order valence-corrected chi connectivity index (χ3v) is 4.95. The molecular formula is C20H22ClN3O2. The molecular weight excluding hydrogens is 350 g/mol. The van der Waals surface area contributed by atoms with Crippen molar-refractivity contribution in [2.75, 3.05) is 18.4 Å². The number of amides is 2. The second kappa shape index (κ2) is 7.87. The molecule has 5 nitrogen and oxygen atoms in total. The fourth-order valence-corrected chi connectivity index (χ4v) is 3.14. The zero-order valence-corrected chi connectivity index (χ0v) is 15.7. The molecule has 136 valence electrons. The van der Waals surface area contributed by atoms with Crippen LogP contribution in [0.4, 0.5) is 5.69 Å². The summed E-state index contributed by atoms with van der Waals surface area (Å²) in [5, 5.41) is 3.35. The summed E-state index contributed by atoms with van der Waals surface area (Å²) in [5.74, 6) is 0.160. The van der Waals surface area contributed by atoms with Crippen LogP contribution in [0.3, 0.4) is 0 Å². The number of nitrogens with one attached hydrogen (secondary N) is 1. The van der Waals surface area contributed by atoms with E-state index in [9.17, 15) is 9.59 Å². The number of benzene rings is 1. The summed E-state index contributed by atoms with van der Waals surface area (Å²) in [6, 6.07) is 10.2. The summed E-state index contributed by atoms with van der Waals surface area (Å²) in [6.45, 7) is 5.55. The van der Waals surface area contributed by atoms with Crippen LogP contribution in [0, 0.1) is 12.8 Å². The second-order valence-electron chi connectivity index (χ2n) is 6.80. The SMILES string of the molecule is Cc1ccc(Cl)cc1NC(=O)c1cccc(C(=O)N2CCC(C)CC2)n1. The highest BCUT2D eigenvalue weighted by Crippen LogP contribution is 2.21. The van der Waals surface area contributed by atoms with E-state index in [-0.39, 0.29) is 17.5 Å². The molecule has 2 aromatic rings. The monoisotopic (exact) mass is 371 g/mol. The molecule has 0 saturated carbocycles. The Morgan fingerprint density at radius 3 is 2.58 bits per heavy atom. The molecule has 1 aromatic carbocycles. The Morgan fingerprint density at radius 2 is 1.85 bits per heavy atom. The predicted octanol–water partition coefficient (Wildman–Crippen LogP) is 4.17. The first kappa shape index (κ1) is 18.4. The van der Waals surface area contributed by atoms with Crippen LogP contribution < -0.4 is 5.32 Å². The van der Waals surface area contributed by atoms with Crippen LogP contribution in [0.1, 0.15) is 46.3 Å². The van der Waals surface area contributed by atoms with Crippen molar-refractivity contribution >= 4 is 29.1 Å². The van der Waals surface area contributed by atoms with Gasteiger partial charge in [-0.2, -0.15) is 0 Å². The van der Waals surface area contributed by atoms with Gasteiger partial charge >= 0.3 is 0 Å². The lowest BCUT2D eigenvalue weighted by atomic mass is 9.99. The lowest BCUT2D eigenvalue weighted by Crippen LogP contribution is -2.38. The number of pyridine rings is 1. The van der Waals surface area contributed by atoms with Crippen LogP contribution in [0.5, 0.6) is 0 Å². The quantitative estimate of drug-likeness (QED) is 0.880. The highest BCUT2D eigenvalue weighted by Gasteiger charge is 2.23. The fraction of sp³-hybridized carbons (Fsp3) is 0.350. The molecule has 1 aromatic heterocycles. The largest absolute Gasteiger partial charge is 0.337 e. The number of hydrogen-bond acceptors (Lipinski definition) is 3. The number of carbonyl (C=O) groups excluding carboxylic acids is 2. The first-order valence-corrected chi connectivity index (χ1v) is 9.15. The number of likely N-dealkylation sites (tertiary alicyclic amines) is 1. The third kappa shape index (κ3) is 4.22. The van der Waals surface area contributed by atoms with Crippen LogP contribution >= 0.6 is 11.6 Å². The van der Waals surface area contributed by atoms with E-state index in [2.05, 4.69) is 17.2 Å². The molecule has 6 heteroatoms. The maximum absolute atomic E-state index is 12.7. The van der Waals surface area contributed by atoms with E-state index in [1.54, 1.807) is 30.3 Å². The number of aromatic nitrogens is 1. The minimum atomic E-state index is -0.364. The Labute approximate surface area is 158 Å². The number of rotatable bonds is 3. The van der Waals surface area contributed by atoms with E-state index in [0.29, 0.717) is 22.3 Å². The third-order valence-electron chi connectivity index (χ3n) is 4.72. The molecule has 1 aliphatic heterocycles. The molecule has 26 heavy (non-hydrogen) atoms. The van der Waals surface area contributed by atoms with Gasteiger partial charge in [0.25, 0.3) is 11.8 Å². The van der Waals surface area contributed by atoms with Crippen molar-refractivity contribution in [2.24, 2.45) is 5.92 Å². The molecule has 0 spiro atoms. The van der Waals surface area contributed by atoms with Crippen molar-refractivity contribution in [1.29, 1.82) is 0 Å². The number of hydrogen-bond donors (Lipinski definition) is 1. The van der Waals surface area contributed by atoms with Crippen LogP contribution in [-0.2, 0) is 0 Å². The van der Waals surface area contributed by atoms with E-state index in [0.717, 1.165) is 31.5 Å². The topological polar surface area (TPSA) is 62.3 Å². The molecule has 1 N–H and O–H groups in total. The molecule has 0 atom stereocenters. The molecule has 0 aliphatic carbocycles. The van der Waals surface area contributed by atoms with Crippen molar-refractivity contribution in [1.82, 2.24) is 9.88 Å². The van der Waals surface area contributed by atoms with Gasteiger partial charge in [0.2, 0.25) is 0 Å². The van der Waals surface area contributed by atoms with E-state index < -0.39 is 0 Å². The van der Waals surface area contributed by atoms with Gasteiger partial charge in [-0.25, -0.2) is 4.98 Å². The minimum Gasteiger partial charge on any atom is -0.337 e. The van der Waals surface area contributed by atoms with Crippen molar-refractivity contribution in [3.63, 3.8) is 0 Å². The Balaban J connectivity index is 1.75. The van der Waals surface area contributed by atoms with Gasteiger partial charge < -0.3 is 10.2 Å². The number of carbonyl (C=O) groups is 2. The van der Waals surface area contributed by atoms with E-state index >= 15 is 0 Å². The smallest absolute Gasteiger partial charge is 0.274 e. The summed E-state index contributed by atoms with van der Waals surface area (Å²) in [6.07, 6.45) is 2.00.